The van der Waals surface area contributed by atoms with Crippen molar-refractivity contribution in [1.82, 2.24) is 35.1 Å². The molecule has 1 unspecified atom stereocenters. The van der Waals surface area contributed by atoms with Crippen molar-refractivity contribution >= 4 is 5.91 Å². The number of fused-ring (bicyclic) bond motifs is 1. The Morgan fingerprint density at radius 1 is 1.26 bits per heavy atom. The van der Waals surface area contributed by atoms with Gasteiger partial charge in [0, 0.05) is 6.54 Å². The molecule has 8 nitrogen and oxygen atoms in total. The third-order valence-corrected chi connectivity index (χ3v) is 5.09. The number of carbonyl (C=O) groups is 1. The van der Waals surface area contributed by atoms with E-state index >= 15 is 0 Å². The van der Waals surface area contributed by atoms with Crippen molar-refractivity contribution < 1.29 is 4.79 Å². The normalized spacial score (nSPS) is 16.1. The van der Waals surface area contributed by atoms with Crippen molar-refractivity contribution in [2.75, 3.05) is 0 Å². The molecule has 3 heterocycles. The number of hydrogen-bond donors (Lipinski definition) is 1. The van der Waals surface area contributed by atoms with E-state index in [-0.39, 0.29) is 11.9 Å². The lowest BCUT2D eigenvalue weighted by molar-refractivity contribution is 0.0921. The van der Waals surface area contributed by atoms with Gasteiger partial charge in [-0.3, -0.25) is 4.79 Å². The molecule has 0 bridgehead atoms. The molecular weight excluding hydrogens is 342 g/mol. The predicted molar refractivity (Wildman–Crippen MR) is 99.1 cm³/mol. The third kappa shape index (κ3) is 3.47. The molecular formula is C19H23N7O. The largest absolute Gasteiger partial charge is 0.341 e. The Hall–Kier alpha value is -3.03. The van der Waals surface area contributed by atoms with Gasteiger partial charge in [0.1, 0.15) is 12.2 Å². The van der Waals surface area contributed by atoms with Crippen LogP contribution in [-0.2, 0) is 19.5 Å². The van der Waals surface area contributed by atoms with Crippen molar-refractivity contribution in [3.05, 3.63) is 58.9 Å². The number of carbonyl (C=O) groups excluding carboxylic acids is 1. The molecule has 3 aromatic rings. The van der Waals surface area contributed by atoms with E-state index in [4.69, 9.17) is 0 Å². The lowest BCUT2D eigenvalue weighted by Crippen LogP contribution is -2.33. The van der Waals surface area contributed by atoms with Gasteiger partial charge in [-0.05, 0) is 37.3 Å². The van der Waals surface area contributed by atoms with E-state index in [1.54, 1.807) is 4.68 Å². The molecule has 0 radical (unpaired) electrons. The first-order valence-electron chi connectivity index (χ1n) is 9.32. The number of aryl methyl sites for hydroxylation is 2. The zero-order chi connectivity index (χ0) is 18.8. The van der Waals surface area contributed by atoms with Gasteiger partial charge in [0.15, 0.2) is 5.69 Å². The van der Waals surface area contributed by atoms with Gasteiger partial charge < -0.3 is 5.32 Å². The van der Waals surface area contributed by atoms with Gasteiger partial charge >= 0.3 is 0 Å². The maximum atomic E-state index is 12.7. The second-order valence-electron chi connectivity index (χ2n) is 6.86. The first-order chi connectivity index (χ1) is 13.2. The summed E-state index contributed by atoms with van der Waals surface area (Å²) in [5.74, 6) is 0.581. The lowest BCUT2D eigenvalue weighted by Gasteiger charge is -2.22. The molecule has 0 fully saturated rings. The Labute approximate surface area is 157 Å². The maximum Gasteiger partial charge on any atom is 0.274 e. The zero-order valence-corrected chi connectivity index (χ0v) is 15.6. The van der Waals surface area contributed by atoms with Crippen LogP contribution in [0.15, 0.2) is 30.6 Å². The number of nitrogens with one attached hydrogen (secondary N) is 1. The van der Waals surface area contributed by atoms with Gasteiger partial charge in [-0.2, -0.15) is 5.10 Å². The van der Waals surface area contributed by atoms with Crippen LogP contribution in [0, 0.1) is 6.92 Å². The minimum Gasteiger partial charge on any atom is -0.341 e. The summed E-state index contributed by atoms with van der Waals surface area (Å²) in [7, 11) is 0. The maximum absolute atomic E-state index is 12.7. The van der Waals surface area contributed by atoms with Crippen LogP contribution in [-0.4, -0.2) is 35.7 Å². The first-order valence-corrected chi connectivity index (χ1v) is 9.32. The molecule has 0 saturated heterocycles. The van der Waals surface area contributed by atoms with Gasteiger partial charge in [-0.25, -0.2) is 14.3 Å². The van der Waals surface area contributed by atoms with Crippen LogP contribution in [0.1, 0.15) is 58.9 Å². The van der Waals surface area contributed by atoms with E-state index in [0.29, 0.717) is 12.2 Å². The van der Waals surface area contributed by atoms with Crippen LogP contribution in [0.3, 0.4) is 0 Å². The molecule has 1 atom stereocenters. The average molecular weight is 365 g/mol. The van der Waals surface area contributed by atoms with Crippen LogP contribution < -0.4 is 5.32 Å². The molecule has 27 heavy (non-hydrogen) atoms. The Morgan fingerprint density at radius 3 is 2.81 bits per heavy atom. The average Bonchev–Trinajstić information content (AvgIpc) is 3.30. The van der Waals surface area contributed by atoms with E-state index in [9.17, 15) is 4.79 Å². The highest BCUT2D eigenvalue weighted by Crippen LogP contribution is 2.22. The van der Waals surface area contributed by atoms with Crippen LogP contribution in [0.5, 0.6) is 0 Å². The van der Waals surface area contributed by atoms with Crippen molar-refractivity contribution in [3.63, 3.8) is 0 Å². The molecule has 2 aromatic heterocycles. The Morgan fingerprint density at radius 2 is 2.04 bits per heavy atom. The number of rotatable bonds is 5. The summed E-state index contributed by atoms with van der Waals surface area (Å²) in [6.07, 6.45) is 4.36. The smallest absolute Gasteiger partial charge is 0.274 e. The lowest BCUT2D eigenvalue weighted by atomic mass is 10.1. The van der Waals surface area contributed by atoms with E-state index < -0.39 is 0 Å². The van der Waals surface area contributed by atoms with E-state index in [2.05, 4.69) is 56.9 Å². The summed E-state index contributed by atoms with van der Waals surface area (Å²) < 4.78 is 3.61. The number of nitrogens with zero attached hydrogens (tertiary/aromatic N) is 6. The second kappa shape index (κ2) is 7.30. The topological polar surface area (TPSA) is 90.5 Å². The molecule has 1 aliphatic rings. The molecule has 0 aliphatic carbocycles. The van der Waals surface area contributed by atoms with Gasteiger partial charge in [0.05, 0.1) is 18.3 Å². The fourth-order valence-corrected chi connectivity index (χ4v) is 3.43. The monoisotopic (exact) mass is 365 g/mol. The molecule has 140 valence electrons. The molecule has 1 aliphatic heterocycles. The summed E-state index contributed by atoms with van der Waals surface area (Å²) in [6, 6.07) is 8.28. The SMILES string of the molecule is CCc1ccc(Cn2nnc(C(=O)NC3CCCn4ncnc43)c2C)cc1. The van der Waals surface area contributed by atoms with Crippen LogP contribution in [0.4, 0.5) is 0 Å². The second-order valence-corrected chi connectivity index (χ2v) is 6.86. The zero-order valence-electron chi connectivity index (χ0n) is 15.6. The van der Waals surface area contributed by atoms with Gasteiger partial charge in [0.2, 0.25) is 0 Å². The standard InChI is InChI=1S/C19H23N7O/c1-3-14-6-8-15(9-7-14)11-26-13(2)17(23-24-26)19(27)22-16-5-4-10-25-18(16)20-12-21-25/h6-9,12,16H,3-5,10-11H2,1-2H3,(H,22,27). The van der Waals surface area contributed by atoms with E-state index in [0.717, 1.165) is 42.9 Å². The minimum atomic E-state index is -0.221. The molecule has 0 spiro atoms. The van der Waals surface area contributed by atoms with Crippen molar-refractivity contribution in [2.45, 2.75) is 52.2 Å². The Bertz CT molecular complexity index is 941. The fraction of sp³-hybridized carbons (Fsp3) is 0.421. The number of benzene rings is 1. The van der Waals surface area contributed by atoms with Crippen molar-refractivity contribution in [3.8, 4) is 0 Å². The fourth-order valence-electron chi connectivity index (χ4n) is 3.43. The van der Waals surface area contributed by atoms with Gasteiger partial charge in [0.25, 0.3) is 5.91 Å². The molecule has 1 aromatic carbocycles. The van der Waals surface area contributed by atoms with Crippen LogP contribution in [0.2, 0.25) is 0 Å². The van der Waals surface area contributed by atoms with Gasteiger partial charge in [-0.1, -0.05) is 36.4 Å². The molecule has 1 N–H and O–H groups in total. The summed E-state index contributed by atoms with van der Waals surface area (Å²) in [6.45, 7) is 5.44. The highest BCUT2D eigenvalue weighted by molar-refractivity contribution is 5.93. The van der Waals surface area contributed by atoms with Crippen LogP contribution in [0.25, 0.3) is 0 Å². The van der Waals surface area contributed by atoms with E-state index in [1.165, 1.54) is 11.9 Å². The summed E-state index contributed by atoms with van der Waals surface area (Å²) in [5.41, 5.74) is 3.54. The third-order valence-electron chi connectivity index (χ3n) is 5.09. The van der Waals surface area contributed by atoms with Crippen molar-refractivity contribution in [1.29, 1.82) is 0 Å². The Balaban J connectivity index is 1.48. The highest BCUT2D eigenvalue weighted by atomic mass is 16.2. The molecule has 4 rings (SSSR count). The molecule has 1 amide bonds. The number of aromatic nitrogens is 6. The highest BCUT2D eigenvalue weighted by Gasteiger charge is 2.26. The summed E-state index contributed by atoms with van der Waals surface area (Å²) in [5, 5.41) is 15.5. The predicted octanol–water partition coefficient (Wildman–Crippen LogP) is 2.05. The quantitative estimate of drug-likeness (QED) is 0.747. The first kappa shape index (κ1) is 17.4. The Kier molecular flexibility index (Phi) is 4.70. The summed E-state index contributed by atoms with van der Waals surface area (Å²) in [4.78, 5) is 17.0. The van der Waals surface area contributed by atoms with Gasteiger partial charge in [-0.15, -0.1) is 5.10 Å². The van der Waals surface area contributed by atoms with Crippen LogP contribution >= 0.6 is 0 Å². The number of hydrogen-bond acceptors (Lipinski definition) is 5. The van der Waals surface area contributed by atoms with E-state index in [1.807, 2.05) is 11.6 Å². The number of amides is 1. The molecule has 8 heteroatoms. The minimum absolute atomic E-state index is 0.139. The van der Waals surface area contributed by atoms with Crippen molar-refractivity contribution in [2.24, 2.45) is 0 Å². The molecule has 0 saturated carbocycles. The summed E-state index contributed by atoms with van der Waals surface area (Å²) >= 11 is 0.